The van der Waals surface area contributed by atoms with Gasteiger partial charge in [-0.2, -0.15) is 0 Å². The second-order valence-electron chi connectivity index (χ2n) is 6.00. The van der Waals surface area contributed by atoms with Crippen LogP contribution in [-0.2, 0) is 9.47 Å². The third kappa shape index (κ3) is 2.76. The molecule has 0 bridgehead atoms. The SMILES string of the molecule is [B]C12CCOC1[C@H](OC(CCCC)=C(C)C)CC2. The van der Waals surface area contributed by atoms with Crippen LogP contribution in [0.2, 0.25) is 5.31 Å². The van der Waals surface area contributed by atoms with Gasteiger partial charge in [-0.15, -0.1) is 0 Å². The standard InChI is InChI=1S/C15H25BO2/c1-4-5-6-12(11(2)3)18-13-7-8-15(16)9-10-17-14(13)15/h13-14H,4-10H2,1-3H3/t13-,14?,15?/m1/s1. The number of unbranched alkanes of at least 4 members (excludes halogenated alkanes) is 1. The van der Waals surface area contributed by atoms with Crippen molar-refractivity contribution >= 4 is 7.85 Å². The Hall–Kier alpha value is -0.435. The molecule has 0 aromatic heterocycles. The van der Waals surface area contributed by atoms with E-state index in [4.69, 9.17) is 17.3 Å². The van der Waals surface area contributed by atoms with E-state index in [1.54, 1.807) is 0 Å². The van der Waals surface area contributed by atoms with Crippen LogP contribution in [0.25, 0.3) is 0 Å². The van der Waals surface area contributed by atoms with Gasteiger partial charge in [-0.1, -0.05) is 13.3 Å². The van der Waals surface area contributed by atoms with Gasteiger partial charge in [-0.05, 0) is 50.4 Å². The molecule has 18 heavy (non-hydrogen) atoms. The van der Waals surface area contributed by atoms with E-state index >= 15 is 0 Å². The lowest BCUT2D eigenvalue weighted by Crippen LogP contribution is -2.29. The molecule has 1 aliphatic carbocycles. The van der Waals surface area contributed by atoms with Crippen LogP contribution in [0.3, 0.4) is 0 Å². The summed E-state index contributed by atoms with van der Waals surface area (Å²) in [7, 11) is 6.39. The molecular weight excluding hydrogens is 223 g/mol. The molecule has 2 unspecified atom stereocenters. The average Bonchev–Trinajstić information content (AvgIpc) is 2.82. The fourth-order valence-electron chi connectivity index (χ4n) is 3.06. The van der Waals surface area contributed by atoms with Crippen molar-refractivity contribution in [2.45, 2.75) is 76.8 Å². The third-order valence-electron chi connectivity index (χ3n) is 4.27. The molecule has 2 aliphatic rings. The minimum Gasteiger partial charge on any atom is -0.492 e. The van der Waals surface area contributed by atoms with Gasteiger partial charge >= 0.3 is 0 Å². The number of rotatable bonds is 5. The van der Waals surface area contributed by atoms with Crippen LogP contribution >= 0.6 is 0 Å². The summed E-state index contributed by atoms with van der Waals surface area (Å²) in [5, 5.41) is -0.123. The fourth-order valence-corrected chi connectivity index (χ4v) is 3.06. The molecule has 1 heterocycles. The Morgan fingerprint density at radius 1 is 1.39 bits per heavy atom. The summed E-state index contributed by atoms with van der Waals surface area (Å²) in [6.45, 7) is 7.26. The summed E-state index contributed by atoms with van der Waals surface area (Å²) in [6, 6.07) is 0. The van der Waals surface area contributed by atoms with Crippen LogP contribution in [0.4, 0.5) is 0 Å². The summed E-state index contributed by atoms with van der Waals surface area (Å²) < 4.78 is 12.0. The van der Waals surface area contributed by atoms with Crippen LogP contribution in [-0.4, -0.2) is 26.7 Å². The molecular formula is C15H25BO2. The zero-order valence-electron chi connectivity index (χ0n) is 12.0. The summed E-state index contributed by atoms with van der Waals surface area (Å²) in [5.41, 5.74) is 1.29. The van der Waals surface area contributed by atoms with Crippen molar-refractivity contribution in [3.05, 3.63) is 11.3 Å². The first-order valence-corrected chi connectivity index (χ1v) is 7.30. The highest BCUT2D eigenvalue weighted by Gasteiger charge is 2.50. The number of hydrogen-bond acceptors (Lipinski definition) is 2. The minimum absolute atomic E-state index is 0.105. The van der Waals surface area contributed by atoms with Crippen LogP contribution in [0.15, 0.2) is 11.3 Å². The fraction of sp³-hybridized carbons (Fsp3) is 0.867. The van der Waals surface area contributed by atoms with Gasteiger partial charge < -0.3 is 9.47 Å². The molecule has 0 aromatic rings. The molecule has 3 heteroatoms. The van der Waals surface area contributed by atoms with Gasteiger partial charge in [-0.3, -0.25) is 0 Å². The number of fused-ring (bicyclic) bond motifs is 1. The first kappa shape index (κ1) is 14.0. The van der Waals surface area contributed by atoms with E-state index in [1.807, 2.05) is 0 Å². The van der Waals surface area contributed by atoms with Crippen molar-refractivity contribution in [3.8, 4) is 0 Å². The normalized spacial score (nSPS) is 34.4. The third-order valence-corrected chi connectivity index (χ3v) is 4.27. The Bertz CT molecular complexity index is 322. The van der Waals surface area contributed by atoms with Crippen LogP contribution in [0, 0.1) is 0 Å². The predicted octanol–water partition coefficient (Wildman–Crippen LogP) is 3.77. The largest absolute Gasteiger partial charge is 0.492 e. The van der Waals surface area contributed by atoms with Gasteiger partial charge in [0.1, 0.15) is 6.10 Å². The topological polar surface area (TPSA) is 18.5 Å². The van der Waals surface area contributed by atoms with Crippen molar-refractivity contribution in [2.24, 2.45) is 0 Å². The van der Waals surface area contributed by atoms with Crippen LogP contribution < -0.4 is 0 Å². The van der Waals surface area contributed by atoms with Crippen LogP contribution in [0.1, 0.15) is 59.3 Å². The highest BCUT2D eigenvalue weighted by molar-refractivity contribution is 6.16. The maximum Gasteiger partial charge on any atom is 0.124 e. The van der Waals surface area contributed by atoms with Crippen molar-refractivity contribution in [3.63, 3.8) is 0 Å². The lowest BCUT2D eigenvalue weighted by atomic mass is 9.65. The molecule has 2 nitrogen and oxygen atoms in total. The molecule has 0 amide bonds. The van der Waals surface area contributed by atoms with E-state index in [-0.39, 0.29) is 17.5 Å². The van der Waals surface area contributed by atoms with E-state index < -0.39 is 0 Å². The molecule has 2 radical (unpaired) electrons. The quantitative estimate of drug-likeness (QED) is 0.544. The summed E-state index contributed by atoms with van der Waals surface area (Å²) in [6.07, 6.45) is 6.75. The second-order valence-corrected chi connectivity index (χ2v) is 6.00. The van der Waals surface area contributed by atoms with E-state index in [0.29, 0.717) is 0 Å². The molecule has 0 spiro atoms. The molecule has 100 valence electrons. The van der Waals surface area contributed by atoms with Crippen LogP contribution in [0.5, 0.6) is 0 Å². The Kier molecular flexibility index (Phi) is 4.42. The lowest BCUT2D eigenvalue weighted by Gasteiger charge is -2.27. The van der Waals surface area contributed by atoms with Gasteiger partial charge in [0.05, 0.1) is 19.7 Å². The zero-order valence-corrected chi connectivity index (χ0v) is 12.0. The van der Waals surface area contributed by atoms with Gasteiger partial charge in [0, 0.05) is 13.0 Å². The highest BCUT2D eigenvalue weighted by Crippen LogP contribution is 2.52. The second kappa shape index (κ2) is 5.69. The number of ether oxygens (including phenoxy) is 2. The molecule has 1 saturated heterocycles. The summed E-state index contributed by atoms with van der Waals surface area (Å²) >= 11 is 0. The molecule has 2 rings (SSSR count). The Morgan fingerprint density at radius 2 is 2.17 bits per heavy atom. The Morgan fingerprint density at radius 3 is 2.83 bits per heavy atom. The van der Waals surface area contributed by atoms with Crippen molar-refractivity contribution in [1.29, 1.82) is 0 Å². The Balaban J connectivity index is 1.98. The van der Waals surface area contributed by atoms with Gasteiger partial charge in [0.2, 0.25) is 0 Å². The maximum absolute atomic E-state index is 6.39. The predicted molar refractivity (Wildman–Crippen MR) is 74.8 cm³/mol. The Labute approximate surface area is 113 Å². The van der Waals surface area contributed by atoms with E-state index in [1.165, 1.54) is 18.4 Å². The van der Waals surface area contributed by atoms with Crippen molar-refractivity contribution < 1.29 is 9.47 Å². The van der Waals surface area contributed by atoms with E-state index in [9.17, 15) is 0 Å². The van der Waals surface area contributed by atoms with Gasteiger partial charge in [-0.25, -0.2) is 0 Å². The molecule has 1 aliphatic heterocycles. The first-order chi connectivity index (χ1) is 8.57. The molecule has 0 aromatic carbocycles. The summed E-state index contributed by atoms with van der Waals surface area (Å²) in [5.74, 6) is 1.15. The lowest BCUT2D eigenvalue weighted by molar-refractivity contribution is -0.0132. The van der Waals surface area contributed by atoms with Crippen molar-refractivity contribution in [2.75, 3.05) is 6.61 Å². The molecule has 2 fully saturated rings. The number of allylic oxidation sites excluding steroid dienone is 2. The van der Waals surface area contributed by atoms with E-state index in [2.05, 4.69) is 20.8 Å². The highest BCUT2D eigenvalue weighted by atomic mass is 16.5. The smallest absolute Gasteiger partial charge is 0.124 e. The molecule has 0 N–H and O–H groups in total. The van der Waals surface area contributed by atoms with Gasteiger partial charge in [0.25, 0.3) is 0 Å². The summed E-state index contributed by atoms with van der Waals surface area (Å²) in [4.78, 5) is 0. The van der Waals surface area contributed by atoms with E-state index in [0.717, 1.165) is 38.0 Å². The first-order valence-electron chi connectivity index (χ1n) is 7.30. The maximum atomic E-state index is 6.39. The molecule has 1 saturated carbocycles. The number of hydrogen-bond donors (Lipinski definition) is 0. The van der Waals surface area contributed by atoms with Crippen molar-refractivity contribution in [1.82, 2.24) is 0 Å². The zero-order chi connectivity index (χ0) is 13.2. The average molecular weight is 248 g/mol. The monoisotopic (exact) mass is 248 g/mol. The minimum atomic E-state index is -0.123. The molecule has 3 atom stereocenters. The van der Waals surface area contributed by atoms with Gasteiger partial charge in [0.15, 0.2) is 0 Å².